The lowest BCUT2D eigenvalue weighted by Crippen LogP contribution is -2.06. The molecule has 0 radical (unpaired) electrons. The van der Waals surface area contributed by atoms with E-state index in [2.05, 4.69) is 0 Å². The number of aromatic carboxylic acids is 1. The molecule has 5 rings (SSSR count). The molecule has 3 N–H and O–H groups in total. The lowest BCUT2D eigenvalue weighted by atomic mass is 10.0. The molecule has 8 heteroatoms. The number of benzene rings is 2. The van der Waals surface area contributed by atoms with E-state index in [-0.39, 0.29) is 46.2 Å². The number of para-hydroxylation sites is 2. The molecule has 0 saturated carbocycles. The summed E-state index contributed by atoms with van der Waals surface area (Å²) in [6.45, 7) is 0. The highest BCUT2D eigenvalue weighted by molar-refractivity contribution is 7.11. The largest absolute Gasteiger partial charge is 0.504 e. The standard InChI is InChI=1S/C23H14O7S/c24-14-5-1-3-11-7-17(29-21(11)14)13-10-31-19(20(13)23(27)28)9-16(26)18-8-12-4-2-6-15(25)22(12)30-18/h1-8,10,24-25H,9H2,(H,27,28). The molecule has 0 bridgehead atoms. The van der Waals surface area contributed by atoms with Gasteiger partial charge in [-0.2, -0.15) is 0 Å². The Balaban J connectivity index is 1.53. The second-order valence-corrected chi connectivity index (χ2v) is 7.93. The average Bonchev–Trinajstić information content (AvgIpc) is 3.44. The van der Waals surface area contributed by atoms with Gasteiger partial charge in [-0.3, -0.25) is 4.79 Å². The summed E-state index contributed by atoms with van der Waals surface area (Å²) in [7, 11) is 0. The lowest BCUT2D eigenvalue weighted by Gasteiger charge is -2.01. The molecule has 5 aromatic rings. The number of carbonyl (C=O) groups excluding carboxylic acids is 1. The number of ketones is 1. The molecular weight excluding hydrogens is 420 g/mol. The molecule has 0 aliphatic carbocycles. The van der Waals surface area contributed by atoms with Crippen molar-refractivity contribution in [2.45, 2.75) is 6.42 Å². The number of rotatable bonds is 5. The van der Waals surface area contributed by atoms with Gasteiger partial charge < -0.3 is 24.2 Å². The second kappa shape index (κ2) is 7.03. The number of hydrogen-bond acceptors (Lipinski definition) is 7. The highest BCUT2D eigenvalue weighted by atomic mass is 32.1. The summed E-state index contributed by atoms with van der Waals surface area (Å²) in [5, 5.41) is 32.5. The van der Waals surface area contributed by atoms with Crippen molar-refractivity contribution in [1.29, 1.82) is 0 Å². The third kappa shape index (κ3) is 3.13. The van der Waals surface area contributed by atoms with E-state index in [1.54, 1.807) is 35.7 Å². The Morgan fingerprint density at radius 3 is 2.16 bits per heavy atom. The number of aromatic hydroxyl groups is 2. The predicted octanol–water partition coefficient (Wildman–Crippen LogP) is 5.44. The van der Waals surface area contributed by atoms with Crippen LogP contribution in [0.5, 0.6) is 11.5 Å². The van der Waals surface area contributed by atoms with Gasteiger partial charge in [0.25, 0.3) is 0 Å². The van der Waals surface area contributed by atoms with Gasteiger partial charge in [-0.15, -0.1) is 11.3 Å². The number of furan rings is 2. The van der Waals surface area contributed by atoms with Gasteiger partial charge in [0.1, 0.15) is 5.76 Å². The zero-order chi connectivity index (χ0) is 21.7. The Labute approximate surface area is 178 Å². The number of thiophene rings is 1. The minimum absolute atomic E-state index is 0.0316. The SMILES string of the molecule is O=C(Cc1scc(-c2cc3cccc(O)c3o2)c1C(=O)O)c1cc2cccc(O)c2o1. The van der Waals surface area contributed by atoms with Crippen LogP contribution in [0.15, 0.2) is 62.7 Å². The maximum Gasteiger partial charge on any atom is 0.337 e. The summed E-state index contributed by atoms with van der Waals surface area (Å²) >= 11 is 1.13. The van der Waals surface area contributed by atoms with Crippen LogP contribution in [0.2, 0.25) is 0 Å². The monoisotopic (exact) mass is 434 g/mol. The number of carboxylic acid groups (broad SMARTS) is 1. The quantitative estimate of drug-likeness (QED) is 0.315. The van der Waals surface area contributed by atoms with E-state index in [0.29, 0.717) is 21.2 Å². The summed E-state index contributed by atoms with van der Waals surface area (Å²) in [5.74, 6) is -1.39. The van der Waals surface area contributed by atoms with Crippen LogP contribution in [0, 0.1) is 0 Å². The Morgan fingerprint density at radius 1 is 0.903 bits per heavy atom. The van der Waals surface area contributed by atoms with Gasteiger partial charge in [0.2, 0.25) is 5.78 Å². The molecule has 3 aromatic heterocycles. The molecule has 0 atom stereocenters. The van der Waals surface area contributed by atoms with Crippen LogP contribution in [0.25, 0.3) is 33.3 Å². The van der Waals surface area contributed by atoms with Crippen molar-refractivity contribution in [2.75, 3.05) is 0 Å². The van der Waals surface area contributed by atoms with Crippen LogP contribution in [-0.4, -0.2) is 27.1 Å². The summed E-state index contributed by atoms with van der Waals surface area (Å²) in [5.41, 5.74) is 0.770. The van der Waals surface area contributed by atoms with Crippen LogP contribution in [-0.2, 0) is 6.42 Å². The molecule has 3 heterocycles. The van der Waals surface area contributed by atoms with Gasteiger partial charge in [0.15, 0.2) is 28.4 Å². The number of fused-ring (bicyclic) bond motifs is 2. The third-order valence-corrected chi connectivity index (χ3v) is 5.98. The van der Waals surface area contributed by atoms with E-state index in [1.165, 1.54) is 18.2 Å². The number of hydrogen-bond donors (Lipinski definition) is 3. The maximum atomic E-state index is 12.8. The lowest BCUT2D eigenvalue weighted by molar-refractivity contribution is 0.0697. The fraction of sp³-hybridized carbons (Fsp3) is 0.0435. The Morgan fingerprint density at radius 2 is 1.55 bits per heavy atom. The highest BCUT2D eigenvalue weighted by Gasteiger charge is 2.25. The number of phenols is 2. The van der Waals surface area contributed by atoms with Gasteiger partial charge in [-0.1, -0.05) is 24.3 Å². The molecule has 0 fully saturated rings. The number of carbonyl (C=O) groups is 2. The van der Waals surface area contributed by atoms with E-state index < -0.39 is 11.8 Å². The van der Waals surface area contributed by atoms with Gasteiger partial charge in [0.05, 0.1) is 5.56 Å². The molecule has 7 nitrogen and oxygen atoms in total. The second-order valence-electron chi connectivity index (χ2n) is 6.96. The average molecular weight is 434 g/mol. The summed E-state index contributed by atoms with van der Waals surface area (Å²) in [6, 6.07) is 12.9. The first kappa shape index (κ1) is 19.0. The smallest absolute Gasteiger partial charge is 0.337 e. The van der Waals surface area contributed by atoms with Gasteiger partial charge >= 0.3 is 5.97 Å². The first-order valence-corrected chi connectivity index (χ1v) is 10.1. The van der Waals surface area contributed by atoms with Gasteiger partial charge in [0, 0.05) is 33.0 Å². The first-order valence-electron chi connectivity index (χ1n) is 9.22. The van der Waals surface area contributed by atoms with Crippen LogP contribution in [0.1, 0.15) is 25.8 Å². The van der Waals surface area contributed by atoms with Crippen molar-refractivity contribution in [3.8, 4) is 22.8 Å². The van der Waals surface area contributed by atoms with E-state index in [9.17, 15) is 24.9 Å². The fourth-order valence-electron chi connectivity index (χ4n) is 3.54. The zero-order valence-corrected chi connectivity index (χ0v) is 16.6. The van der Waals surface area contributed by atoms with Crippen LogP contribution >= 0.6 is 11.3 Å². The molecule has 0 saturated heterocycles. The molecule has 0 aliphatic heterocycles. The predicted molar refractivity (Wildman–Crippen MR) is 114 cm³/mol. The molecular formula is C23H14O7S. The normalized spacial score (nSPS) is 11.4. The van der Waals surface area contributed by atoms with Crippen LogP contribution < -0.4 is 0 Å². The molecule has 0 aliphatic rings. The number of carboxylic acids is 1. The van der Waals surface area contributed by atoms with Crippen LogP contribution in [0.3, 0.4) is 0 Å². The van der Waals surface area contributed by atoms with E-state index in [0.717, 1.165) is 11.3 Å². The van der Waals surface area contributed by atoms with Crippen molar-refractivity contribution < 1.29 is 33.7 Å². The van der Waals surface area contributed by atoms with Crippen molar-refractivity contribution in [1.82, 2.24) is 0 Å². The Kier molecular flexibility index (Phi) is 4.30. The zero-order valence-electron chi connectivity index (χ0n) is 15.8. The first-order chi connectivity index (χ1) is 14.9. The molecule has 0 amide bonds. The molecule has 0 unspecified atom stereocenters. The van der Waals surface area contributed by atoms with E-state index in [1.807, 2.05) is 0 Å². The highest BCUT2D eigenvalue weighted by Crippen LogP contribution is 2.38. The van der Waals surface area contributed by atoms with E-state index in [4.69, 9.17) is 8.83 Å². The van der Waals surface area contributed by atoms with Gasteiger partial charge in [-0.05, 0) is 24.3 Å². The van der Waals surface area contributed by atoms with Crippen LogP contribution in [0.4, 0.5) is 0 Å². The minimum atomic E-state index is -1.19. The Bertz CT molecular complexity index is 1480. The van der Waals surface area contributed by atoms with Crippen molar-refractivity contribution in [3.63, 3.8) is 0 Å². The van der Waals surface area contributed by atoms with Gasteiger partial charge in [-0.25, -0.2) is 4.79 Å². The topological polar surface area (TPSA) is 121 Å². The summed E-state index contributed by atoms with van der Waals surface area (Å²) in [4.78, 5) is 25.1. The van der Waals surface area contributed by atoms with Crippen molar-refractivity contribution in [2.24, 2.45) is 0 Å². The summed E-state index contributed by atoms with van der Waals surface area (Å²) in [6.07, 6.45) is -0.182. The van der Waals surface area contributed by atoms with Crippen molar-refractivity contribution in [3.05, 3.63) is 70.1 Å². The maximum absolute atomic E-state index is 12.8. The molecule has 154 valence electrons. The Hall–Kier alpha value is -4.04. The third-order valence-electron chi connectivity index (χ3n) is 4.99. The molecule has 2 aromatic carbocycles. The number of Topliss-reactive ketones (excluding diaryl/α,β-unsaturated/α-hetero) is 1. The minimum Gasteiger partial charge on any atom is -0.504 e. The van der Waals surface area contributed by atoms with E-state index >= 15 is 0 Å². The van der Waals surface area contributed by atoms with Crippen molar-refractivity contribution >= 4 is 45.0 Å². The number of phenolic OH excluding ortho intramolecular Hbond substituents is 2. The summed E-state index contributed by atoms with van der Waals surface area (Å²) < 4.78 is 11.2. The molecule has 0 spiro atoms. The fourth-order valence-corrected chi connectivity index (χ4v) is 4.57. The molecule has 31 heavy (non-hydrogen) atoms.